The van der Waals surface area contributed by atoms with E-state index in [1.165, 1.54) is 4.90 Å². The molecule has 1 aromatic rings. The summed E-state index contributed by atoms with van der Waals surface area (Å²) in [7, 11) is 0. The number of nitrogens with zero attached hydrogens (tertiary/aromatic N) is 2. The molecule has 1 saturated heterocycles. The van der Waals surface area contributed by atoms with E-state index in [0.29, 0.717) is 6.07 Å². The molecule has 6 nitrogen and oxygen atoms in total. The number of hydrogen-bond donors (Lipinski definition) is 2. The Hall–Kier alpha value is -2.45. The molecular weight excluding hydrogens is 305 g/mol. The molecule has 0 saturated carbocycles. The lowest BCUT2D eigenvalue weighted by Crippen LogP contribution is -2.48. The van der Waals surface area contributed by atoms with Crippen molar-refractivity contribution in [1.29, 1.82) is 0 Å². The van der Waals surface area contributed by atoms with Crippen molar-refractivity contribution in [3.8, 4) is 0 Å². The van der Waals surface area contributed by atoms with Crippen molar-refractivity contribution >= 4 is 17.7 Å². The first-order valence-corrected chi connectivity index (χ1v) is 6.37. The van der Waals surface area contributed by atoms with Crippen molar-refractivity contribution in [2.75, 3.05) is 31.1 Å². The zero-order chi connectivity index (χ0) is 16.5. The highest BCUT2D eigenvalue weighted by molar-refractivity contribution is 5.88. The molecule has 2 rings (SSSR count). The zero-order valence-electron chi connectivity index (χ0n) is 11.3. The van der Waals surface area contributed by atoms with Gasteiger partial charge >= 0.3 is 18.2 Å². The lowest BCUT2D eigenvalue weighted by atomic mass is 10.1. The second-order valence-corrected chi connectivity index (χ2v) is 4.79. The number of carbonyl (C=O) groups is 2. The Kier molecular flexibility index (Phi) is 4.16. The minimum Gasteiger partial charge on any atom is -0.478 e. The summed E-state index contributed by atoms with van der Waals surface area (Å²) in [4.78, 5) is 24.2. The maximum Gasteiger partial charge on any atom is 0.418 e. The first kappa shape index (κ1) is 15.9. The van der Waals surface area contributed by atoms with E-state index in [9.17, 15) is 22.8 Å². The van der Waals surface area contributed by atoms with Gasteiger partial charge in [0.25, 0.3) is 0 Å². The van der Waals surface area contributed by atoms with E-state index in [0.717, 1.165) is 17.0 Å². The van der Waals surface area contributed by atoms with Crippen molar-refractivity contribution in [2.24, 2.45) is 0 Å². The largest absolute Gasteiger partial charge is 0.478 e. The van der Waals surface area contributed by atoms with Gasteiger partial charge in [-0.3, -0.25) is 0 Å². The van der Waals surface area contributed by atoms with E-state index in [4.69, 9.17) is 10.2 Å². The summed E-state index contributed by atoms with van der Waals surface area (Å²) in [5.74, 6) is -1.44. The van der Waals surface area contributed by atoms with Crippen LogP contribution in [0.4, 0.5) is 23.7 Å². The second kappa shape index (κ2) is 5.74. The quantitative estimate of drug-likeness (QED) is 0.874. The van der Waals surface area contributed by atoms with Gasteiger partial charge in [0.15, 0.2) is 0 Å². The molecule has 0 unspecified atom stereocenters. The van der Waals surface area contributed by atoms with Gasteiger partial charge in [0.2, 0.25) is 0 Å². The van der Waals surface area contributed by atoms with Crippen LogP contribution in [0.15, 0.2) is 18.2 Å². The third-order valence-electron chi connectivity index (χ3n) is 3.44. The van der Waals surface area contributed by atoms with Gasteiger partial charge in [-0.25, -0.2) is 9.59 Å². The number of benzene rings is 1. The molecule has 0 bridgehead atoms. The lowest BCUT2D eigenvalue weighted by Gasteiger charge is -2.35. The van der Waals surface area contributed by atoms with E-state index >= 15 is 0 Å². The number of halogens is 3. The molecule has 0 aromatic heterocycles. The Morgan fingerprint density at radius 1 is 1.05 bits per heavy atom. The fourth-order valence-electron chi connectivity index (χ4n) is 2.31. The van der Waals surface area contributed by atoms with Crippen LogP contribution in [-0.4, -0.2) is 53.4 Å². The highest BCUT2D eigenvalue weighted by atomic mass is 19.4. The van der Waals surface area contributed by atoms with Gasteiger partial charge in [0.1, 0.15) is 0 Å². The maximum atomic E-state index is 13.1. The van der Waals surface area contributed by atoms with Gasteiger partial charge in [-0.05, 0) is 18.2 Å². The standard InChI is InChI=1S/C13H13F3N2O4/c14-13(15,16)9-7-8(11(19)20)1-2-10(9)17-3-5-18(6-4-17)12(21)22/h1-2,7H,3-6H2,(H,19,20)(H,21,22). The molecule has 1 amide bonds. The Labute approximate surface area is 123 Å². The number of piperazine rings is 1. The van der Waals surface area contributed by atoms with Crippen LogP contribution < -0.4 is 4.90 Å². The molecule has 0 radical (unpaired) electrons. The summed E-state index contributed by atoms with van der Waals surface area (Å²) in [6, 6.07) is 2.82. The van der Waals surface area contributed by atoms with Crippen LogP contribution in [0.1, 0.15) is 15.9 Å². The molecule has 1 aliphatic rings. The SMILES string of the molecule is O=C(O)c1ccc(N2CCN(C(=O)O)CC2)c(C(F)(F)F)c1. The first-order chi connectivity index (χ1) is 10.2. The molecule has 2 N–H and O–H groups in total. The summed E-state index contributed by atoms with van der Waals surface area (Å²) < 4.78 is 39.4. The Morgan fingerprint density at radius 2 is 1.64 bits per heavy atom. The number of carboxylic acid groups (broad SMARTS) is 2. The number of amides is 1. The number of rotatable bonds is 2. The van der Waals surface area contributed by atoms with Gasteiger partial charge < -0.3 is 20.0 Å². The Bertz CT molecular complexity index is 595. The van der Waals surface area contributed by atoms with Crippen LogP contribution in [0.25, 0.3) is 0 Å². The molecule has 120 valence electrons. The zero-order valence-corrected chi connectivity index (χ0v) is 11.3. The molecule has 22 heavy (non-hydrogen) atoms. The average Bonchev–Trinajstić information content (AvgIpc) is 2.45. The van der Waals surface area contributed by atoms with Gasteiger partial charge in [0.05, 0.1) is 11.1 Å². The molecule has 1 aromatic carbocycles. The molecule has 1 aliphatic heterocycles. The van der Waals surface area contributed by atoms with E-state index in [1.54, 1.807) is 0 Å². The second-order valence-electron chi connectivity index (χ2n) is 4.79. The average molecular weight is 318 g/mol. The predicted molar refractivity (Wildman–Crippen MR) is 70.2 cm³/mol. The monoisotopic (exact) mass is 318 g/mol. The fraction of sp³-hybridized carbons (Fsp3) is 0.385. The first-order valence-electron chi connectivity index (χ1n) is 6.37. The molecular formula is C13H13F3N2O4. The van der Waals surface area contributed by atoms with Gasteiger partial charge in [0, 0.05) is 31.9 Å². The number of carboxylic acids is 1. The van der Waals surface area contributed by atoms with Gasteiger partial charge in [-0.1, -0.05) is 0 Å². The summed E-state index contributed by atoms with van der Waals surface area (Å²) >= 11 is 0. The van der Waals surface area contributed by atoms with Crippen LogP contribution >= 0.6 is 0 Å². The Morgan fingerprint density at radius 3 is 2.09 bits per heavy atom. The highest BCUT2D eigenvalue weighted by Crippen LogP contribution is 2.37. The molecule has 0 atom stereocenters. The topological polar surface area (TPSA) is 81.1 Å². The van der Waals surface area contributed by atoms with Crippen LogP contribution in [0.5, 0.6) is 0 Å². The van der Waals surface area contributed by atoms with Crippen LogP contribution in [-0.2, 0) is 6.18 Å². The third kappa shape index (κ3) is 3.23. The minimum absolute atomic E-state index is 0.0906. The molecule has 1 heterocycles. The lowest BCUT2D eigenvalue weighted by molar-refractivity contribution is -0.137. The normalized spacial score (nSPS) is 15.8. The molecule has 1 fully saturated rings. The highest BCUT2D eigenvalue weighted by Gasteiger charge is 2.36. The van der Waals surface area contributed by atoms with E-state index in [2.05, 4.69) is 0 Å². The summed E-state index contributed by atoms with van der Waals surface area (Å²) in [5.41, 5.74) is -1.61. The van der Waals surface area contributed by atoms with Crippen molar-refractivity contribution in [1.82, 2.24) is 4.90 Å². The fourth-order valence-corrected chi connectivity index (χ4v) is 2.31. The summed E-state index contributed by atoms with van der Waals surface area (Å²) in [6.07, 6.45) is -5.80. The minimum atomic E-state index is -4.69. The van der Waals surface area contributed by atoms with Crippen molar-refractivity contribution < 1.29 is 33.0 Å². The number of anilines is 1. The van der Waals surface area contributed by atoms with Gasteiger partial charge in [-0.2, -0.15) is 13.2 Å². The molecule has 9 heteroatoms. The number of alkyl halides is 3. The molecule has 0 aliphatic carbocycles. The number of hydrogen-bond acceptors (Lipinski definition) is 3. The van der Waals surface area contributed by atoms with Crippen LogP contribution in [0, 0.1) is 0 Å². The van der Waals surface area contributed by atoms with Crippen LogP contribution in [0.3, 0.4) is 0 Å². The smallest absolute Gasteiger partial charge is 0.418 e. The number of aromatic carboxylic acids is 1. The third-order valence-corrected chi connectivity index (χ3v) is 3.44. The molecule has 0 spiro atoms. The van der Waals surface area contributed by atoms with E-state index in [1.807, 2.05) is 0 Å². The summed E-state index contributed by atoms with van der Waals surface area (Å²) in [6.45, 7) is 0.407. The van der Waals surface area contributed by atoms with E-state index in [-0.39, 0.29) is 31.9 Å². The van der Waals surface area contributed by atoms with Crippen molar-refractivity contribution in [2.45, 2.75) is 6.18 Å². The summed E-state index contributed by atoms with van der Waals surface area (Å²) in [5, 5.41) is 17.7. The predicted octanol–water partition coefficient (Wildman–Crippen LogP) is 2.20. The maximum absolute atomic E-state index is 13.1. The van der Waals surface area contributed by atoms with Gasteiger partial charge in [-0.15, -0.1) is 0 Å². The van der Waals surface area contributed by atoms with E-state index < -0.39 is 29.4 Å². The van der Waals surface area contributed by atoms with Crippen LogP contribution in [0.2, 0.25) is 0 Å². The Balaban J connectivity index is 2.31. The van der Waals surface area contributed by atoms with Crippen molar-refractivity contribution in [3.63, 3.8) is 0 Å². The van der Waals surface area contributed by atoms with Crippen molar-refractivity contribution in [3.05, 3.63) is 29.3 Å².